The lowest BCUT2D eigenvalue weighted by molar-refractivity contribution is -0.140. The highest BCUT2D eigenvalue weighted by Crippen LogP contribution is 2.52. The first-order valence-corrected chi connectivity index (χ1v) is 39.2. The molecular weight excluding hydrogens is 1320 g/mol. The lowest BCUT2D eigenvalue weighted by atomic mass is 9.68. The van der Waals surface area contributed by atoms with Gasteiger partial charge in [0.2, 0.25) is 0 Å². The molecule has 3 amide bonds. The van der Waals surface area contributed by atoms with Gasteiger partial charge in [-0.2, -0.15) is 0 Å². The van der Waals surface area contributed by atoms with Gasteiger partial charge < -0.3 is 70.9 Å². The molecule has 20 heteroatoms. The monoisotopic (exact) mass is 1450 g/mol. The number of hydrogen-bond acceptors (Lipinski definition) is 15. The zero-order valence-electron chi connectivity index (χ0n) is 64.8. The number of methoxy groups -OCH3 is 1. The molecule has 4 aromatic carbocycles. The molecule has 4 aromatic rings. The SMILES string of the molecule is CC(C)(C)OC(=O)N(CC1(CN)CCC1)[C@H]1CC1c1ccccc1.CC(C)(C)OC(=O)N(CC1(CNCCC(=O)O)CCC1)[C@H]1CC1c1ccccc1.COC(=O)CCNCC1(CN(C(=O)OC(C)(C)C)[C@H]2CC2c2ccccc2)CCC1.O=C(O)CCNCC1(CN[C@H]2CC2c2ccccc2)CCC1. The maximum atomic E-state index is 13.1. The van der Waals surface area contributed by atoms with Gasteiger partial charge >= 0.3 is 36.2 Å². The van der Waals surface area contributed by atoms with E-state index in [4.69, 9.17) is 34.9 Å². The van der Waals surface area contributed by atoms with E-state index < -0.39 is 28.7 Å². The Morgan fingerprint density at radius 1 is 0.419 bits per heavy atom. The predicted octanol–water partition coefficient (Wildman–Crippen LogP) is 14.4. The van der Waals surface area contributed by atoms with E-state index in [0.29, 0.717) is 80.8 Å². The highest BCUT2D eigenvalue weighted by molar-refractivity contribution is 5.72. The van der Waals surface area contributed by atoms with E-state index in [0.717, 1.165) is 96.9 Å². The number of carbonyl (C=O) groups excluding carboxylic acids is 4. The van der Waals surface area contributed by atoms with E-state index in [1.165, 1.54) is 67.9 Å². The molecule has 578 valence electrons. The summed E-state index contributed by atoms with van der Waals surface area (Å²) in [6, 6.07) is 43.2. The van der Waals surface area contributed by atoms with Crippen LogP contribution in [0.2, 0.25) is 0 Å². The molecule has 0 saturated heterocycles. The van der Waals surface area contributed by atoms with E-state index in [-0.39, 0.29) is 71.5 Å². The Morgan fingerprint density at radius 3 is 0.990 bits per heavy atom. The molecule has 0 aromatic heterocycles. The molecule has 0 aliphatic heterocycles. The summed E-state index contributed by atoms with van der Waals surface area (Å²) < 4.78 is 21.9. The molecule has 8 aliphatic carbocycles. The van der Waals surface area contributed by atoms with Crippen LogP contribution in [-0.4, -0.2) is 181 Å². The van der Waals surface area contributed by atoms with Crippen LogP contribution in [0.15, 0.2) is 121 Å². The van der Waals surface area contributed by atoms with E-state index in [2.05, 4.69) is 112 Å². The molecule has 20 nitrogen and oxygen atoms in total. The fraction of sp³-hybridized carbons (Fsp3) is 0.647. The van der Waals surface area contributed by atoms with Gasteiger partial charge in [0.25, 0.3) is 0 Å². The number of nitrogens with two attached hydrogens (primary N) is 1. The highest BCUT2D eigenvalue weighted by Gasteiger charge is 2.53. The third-order valence-electron chi connectivity index (χ3n) is 22.7. The third-order valence-corrected chi connectivity index (χ3v) is 22.7. The van der Waals surface area contributed by atoms with Gasteiger partial charge in [-0.05, 0) is 174 Å². The molecule has 0 bridgehead atoms. The van der Waals surface area contributed by atoms with Crippen LogP contribution < -0.4 is 27.0 Å². The van der Waals surface area contributed by atoms with Gasteiger partial charge in [-0.25, -0.2) is 14.4 Å². The number of carboxylic acids is 2. The molecule has 0 spiro atoms. The quantitative estimate of drug-likeness (QED) is 0.0136. The van der Waals surface area contributed by atoms with Crippen molar-refractivity contribution in [2.75, 3.05) is 79.1 Å². The largest absolute Gasteiger partial charge is 0.481 e. The van der Waals surface area contributed by atoms with E-state index >= 15 is 0 Å². The second-order valence-corrected chi connectivity index (χ2v) is 34.8. The van der Waals surface area contributed by atoms with E-state index in [1.807, 2.05) is 107 Å². The summed E-state index contributed by atoms with van der Waals surface area (Å²) >= 11 is 0. The number of carbonyl (C=O) groups is 6. The minimum absolute atomic E-state index is 0.0131. The molecule has 8 saturated carbocycles. The topological polar surface area (TPSA) is 264 Å². The van der Waals surface area contributed by atoms with Crippen LogP contribution >= 0.6 is 0 Å². The van der Waals surface area contributed by atoms with Crippen LogP contribution in [0.3, 0.4) is 0 Å². The smallest absolute Gasteiger partial charge is 0.410 e. The van der Waals surface area contributed by atoms with E-state index in [9.17, 15) is 28.8 Å². The van der Waals surface area contributed by atoms with Crippen molar-refractivity contribution in [2.45, 2.75) is 249 Å². The van der Waals surface area contributed by atoms with Crippen molar-refractivity contribution in [3.05, 3.63) is 144 Å². The Bertz CT molecular complexity index is 3390. The van der Waals surface area contributed by atoms with Crippen LogP contribution in [0.4, 0.5) is 14.4 Å². The highest BCUT2D eigenvalue weighted by atomic mass is 16.6. The molecule has 105 heavy (non-hydrogen) atoms. The first kappa shape index (κ1) is 82.0. The summed E-state index contributed by atoms with van der Waals surface area (Å²) in [7, 11) is 1.41. The summed E-state index contributed by atoms with van der Waals surface area (Å²) in [6.45, 7) is 25.1. The van der Waals surface area contributed by atoms with Crippen molar-refractivity contribution in [2.24, 2.45) is 27.4 Å². The van der Waals surface area contributed by atoms with Gasteiger partial charge in [0.1, 0.15) is 16.8 Å². The summed E-state index contributed by atoms with van der Waals surface area (Å²) in [5.74, 6) is 0.122. The number of hydrogen-bond donors (Lipinski definition) is 7. The number of benzene rings is 4. The van der Waals surface area contributed by atoms with Crippen molar-refractivity contribution in [3.63, 3.8) is 0 Å². The van der Waals surface area contributed by atoms with Gasteiger partial charge in [0.15, 0.2) is 0 Å². The molecular formula is C85H126N8O12. The first-order valence-electron chi connectivity index (χ1n) is 39.2. The Hall–Kier alpha value is -7.10. The lowest BCUT2D eigenvalue weighted by Gasteiger charge is -2.45. The number of nitrogens with one attached hydrogen (secondary N) is 4. The fourth-order valence-electron chi connectivity index (χ4n) is 15.7. The predicted molar refractivity (Wildman–Crippen MR) is 411 cm³/mol. The Balaban J connectivity index is 0.000000163. The van der Waals surface area contributed by atoms with Crippen molar-refractivity contribution >= 4 is 36.2 Å². The van der Waals surface area contributed by atoms with Gasteiger partial charge in [-0.15, -0.1) is 0 Å². The molecule has 8 aliphatic rings. The summed E-state index contributed by atoms with van der Waals surface area (Å²) in [5, 5.41) is 31.3. The summed E-state index contributed by atoms with van der Waals surface area (Å²) in [4.78, 5) is 77.5. The van der Waals surface area contributed by atoms with Crippen LogP contribution in [0.5, 0.6) is 0 Å². The van der Waals surface area contributed by atoms with Crippen molar-refractivity contribution in [1.29, 1.82) is 0 Å². The summed E-state index contributed by atoms with van der Waals surface area (Å²) in [6.07, 6.45) is 18.1. The molecule has 4 unspecified atom stereocenters. The molecule has 0 heterocycles. The second-order valence-electron chi connectivity index (χ2n) is 34.8. The van der Waals surface area contributed by atoms with Gasteiger partial charge in [0.05, 0.1) is 26.4 Å². The van der Waals surface area contributed by atoms with Crippen molar-refractivity contribution < 1.29 is 57.9 Å². The van der Waals surface area contributed by atoms with Gasteiger partial charge in [0, 0.05) is 130 Å². The number of amides is 3. The zero-order chi connectivity index (χ0) is 75.6. The molecule has 0 radical (unpaired) electrons. The number of aliphatic carboxylic acids is 2. The average Bonchev–Trinajstić information content (AvgIpc) is 1.64. The maximum Gasteiger partial charge on any atom is 0.410 e. The van der Waals surface area contributed by atoms with Crippen molar-refractivity contribution in [1.82, 2.24) is 36.0 Å². The standard InChI is InChI=1S/C24H36N2O4.C23H34N2O4.C20H30N2O2.C18H26N2O2/c1-23(2,3)30-22(28)26(20-15-19(20)18-9-6-5-7-10-18)17-24(12-8-13-24)16-25-14-11-21(27)29-4;1-22(2,3)29-21(28)25(19-14-18(19)17-8-5-4-6-9-17)16-23(11-7-12-23)15-24-13-10-20(26)27;1-19(2,3)24-18(23)22(14-20(13-21)10-7-11-20)17-12-16(17)15-8-5-4-6-9-15;21-17(22)7-10-19-12-18(8-4-9-18)13-20-16-11-15(16)14-5-2-1-3-6-14/h5-7,9-10,19-20,25H,8,11-17H2,1-4H3;4-6,8-9,18-19,24H,7,10-16H2,1-3H3,(H,26,27);4-6,8-9,16-17H,7,10-14,21H2,1-3H3;1-3,5-6,15-16,19-20H,4,7-13H2,(H,21,22)/t19?,20-;18?,19-;16?,17-;15?,16-/m0000/s1. The summed E-state index contributed by atoms with van der Waals surface area (Å²) in [5.41, 5.74) is 10.3. The number of carboxylic acid groups (broad SMARTS) is 2. The van der Waals surface area contributed by atoms with Crippen molar-refractivity contribution in [3.8, 4) is 0 Å². The third kappa shape index (κ3) is 25.3. The van der Waals surface area contributed by atoms with Gasteiger partial charge in [-0.3, -0.25) is 14.4 Å². The van der Waals surface area contributed by atoms with Gasteiger partial charge in [-0.1, -0.05) is 147 Å². The Labute approximate surface area is 626 Å². The number of rotatable bonds is 32. The Morgan fingerprint density at radius 2 is 0.714 bits per heavy atom. The van der Waals surface area contributed by atoms with Crippen LogP contribution in [0.1, 0.15) is 230 Å². The minimum Gasteiger partial charge on any atom is -0.481 e. The van der Waals surface area contributed by atoms with Crippen LogP contribution in [0, 0.1) is 21.7 Å². The molecule has 8 N–H and O–H groups in total. The second kappa shape index (κ2) is 36.7. The lowest BCUT2D eigenvalue weighted by Crippen LogP contribution is -2.52. The number of ether oxygens (including phenoxy) is 4. The maximum absolute atomic E-state index is 13.1. The van der Waals surface area contributed by atoms with Crippen LogP contribution in [-0.2, 0) is 33.3 Å². The van der Waals surface area contributed by atoms with Crippen LogP contribution in [0.25, 0.3) is 0 Å². The fourth-order valence-corrected chi connectivity index (χ4v) is 15.7. The molecule has 12 rings (SSSR count). The molecule has 8 fully saturated rings. The van der Waals surface area contributed by atoms with E-state index in [1.54, 1.807) is 0 Å². The minimum atomic E-state index is -0.792. The first-order chi connectivity index (χ1) is 49.9. The number of esters is 1. The Kier molecular flexibility index (Phi) is 28.6. The molecule has 8 atom stereocenters. The normalized spacial score (nSPS) is 23.5. The zero-order valence-corrected chi connectivity index (χ0v) is 64.8. The number of nitrogens with zero attached hydrogens (tertiary/aromatic N) is 3. The average molecular weight is 1450 g/mol.